The molecule has 0 rings (SSSR count). The maximum absolute atomic E-state index is 11.4. The maximum atomic E-state index is 11.4. The number of nitrogens with one attached hydrogen (secondary N) is 1. The zero-order valence-electron chi connectivity index (χ0n) is 10.7. The van der Waals surface area contributed by atoms with Crippen molar-refractivity contribution >= 4 is 11.9 Å². The number of nitrogens with two attached hydrogens (primary N) is 1. The van der Waals surface area contributed by atoms with Crippen LogP contribution in [0.25, 0.3) is 0 Å². The quantitative estimate of drug-likeness (QED) is 0.427. The summed E-state index contributed by atoms with van der Waals surface area (Å²) in [6.45, 7) is 1.05. The molecule has 7 heteroatoms. The number of hydrogen-bond donors (Lipinski definition) is 3. The van der Waals surface area contributed by atoms with Crippen LogP contribution in [0.4, 0.5) is 0 Å². The Balaban J connectivity index is 3.85. The lowest BCUT2D eigenvalue weighted by atomic mass is 10.1. The Morgan fingerprint density at radius 3 is 2.61 bits per heavy atom. The molecular formula is C11H22N2O5. The SMILES string of the molecule is COCCOCC(=O)NC(CCCCN)C(=O)O. The zero-order chi connectivity index (χ0) is 13.8. The fourth-order valence-corrected chi connectivity index (χ4v) is 1.29. The number of hydrogen-bond acceptors (Lipinski definition) is 5. The molecule has 18 heavy (non-hydrogen) atoms. The molecule has 0 saturated carbocycles. The Morgan fingerprint density at radius 1 is 1.33 bits per heavy atom. The minimum atomic E-state index is -1.04. The molecule has 0 aromatic carbocycles. The second-order valence-electron chi connectivity index (χ2n) is 3.79. The van der Waals surface area contributed by atoms with Crippen LogP contribution in [0.2, 0.25) is 0 Å². The van der Waals surface area contributed by atoms with Gasteiger partial charge in [-0.3, -0.25) is 4.79 Å². The van der Waals surface area contributed by atoms with Gasteiger partial charge in [0.2, 0.25) is 5.91 Å². The molecule has 1 atom stereocenters. The number of amides is 1. The molecule has 0 aliphatic carbocycles. The van der Waals surface area contributed by atoms with Crippen LogP contribution in [-0.2, 0) is 19.1 Å². The summed E-state index contributed by atoms with van der Waals surface area (Å²) in [6.07, 6.45) is 1.78. The molecule has 0 bridgehead atoms. The van der Waals surface area contributed by atoms with E-state index in [1.807, 2.05) is 0 Å². The van der Waals surface area contributed by atoms with Crippen molar-refractivity contribution in [3.05, 3.63) is 0 Å². The van der Waals surface area contributed by atoms with Gasteiger partial charge in [0, 0.05) is 7.11 Å². The number of carbonyl (C=O) groups is 2. The molecule has 0 radical (unpaired) electrons. The van der Waals surface area contributed by atoms with Crippen molar-refractivity contribution in [1.29, 1.82) is 0 Å². The van der Waals surface area contributed by atoms with Gasteiger partial charge in [-0.2, -0.15) is 0 Å². The molecule has 106 valence electrons. The first kappa shape index (κ1) is 16.8. The van der Waals surface area contributed by atoms with Crippen LogP contribution in [-0.4, -0.2) is 56.5 Å². The van der Waals surface area contributed by atoms with Crippen LogP contribution < -0.4 is 11.1 Å². The maximum Gasteiger partial charge on any atom is 0.326 e. The zero-order valence-corrected chi connectivity index (χ0v) is 10.7. The number of ether oxygens (including phenoxy) is 2. The van der Waals surface area contributed by atoms with Gasteiger partial charge in [0.15, 0.2) is 0 Å². The lowest BCUT2D eigenvalue weighted by Crippen LogP contribution is -2.42. The van der Waals surface area contributed by atoms with Gasteiger partial charge in [-0.15, -0.1) is 0 Å². The number of methoxy groups -OCH3 is 1. The Morgan fingerprint density at radius 2 is 2.06 bits per heavy atom. The molecule has 0 saturated heterocycles. The van der Waals surface area contributed by atoms with Gasteiger partial charge in [-0.25, -0.2) is 4.79 Å². The first-order valence-corrected chi connectivity index (χ1v) is 5.90. The van der Waals surface area contributed by atoms with E-state index in [1.165, 1.54) is 7.11 Å². The largest absolute Gasteiger partial charge is 0.480 e. The standard InChI is InChI=1S/C11H22N2O5/c1-17-6-7-18-8-10(14)13-9(11(15)16)4-2-3-5-12/h9H,2-8,12H2,1H3,(H,13,14)(H,15,16). The topological polar surface area (TPSA) is 111 Å². The Bertz CT molecular complexity index is 248. The molecule has 0 aliphatic heterocycles. The van der Waals surface area contributed by atoms with E-state index >= 15 is 0 Å². The van der Waals surface area contributed by atoms with Crippen LogP contribution in [0.5, 0.6) is 0 Å². The third-order valence-electron chi connectivity index (χ3n) is 2.25. The van der Waals surface area contributed by atoms with E-state index in [0.717, 1.165) is 6.42 Å². The summed E-state index contributed by atoms with van der Waals surface area (Å²) in [5.74, 6) is -1.48. The lowest BCUT2D eigenvalue weighted by molar-refractivity contribution is -0.142. The van der Waals surface area contributed by atoms with E-state index in [4.69, 9.17) is 20.3 Å². The fraction of sp³-hybridized carbons (Fsp3) is 0.818. The number of rotatable bonds is 11. The van der Waals surface area contributed by atoms with E-state index in [2.05, 4.69) is 5.32 Å². The second-order valence-corrected chi connectivity index (χ2v) is 3.79. The molecule has 7 nitrogen and oxygen atoms in total. The van der Waals surface area contributed by atoms with Crippen molar-refractivity contribution in [2.75, 3.05) is 33.5 Å². The van der Waals surface area contributed by atoms with Crippen molar-refractivity contribution in [3.63, 3.8) is 0 Å². The number of carboxylic acids is 1. The highest BCUT2D eigenvalue weighted by molar-refractivity contribution is 5.84. The molecule has 0 aromatic rings. The predicted molar refractivity (Wildman–Crippen MR) is 65.2 cm³/mol. The third-order valence-corrected chi connectivity index (χ3v) is 2.25. The molecule has 1 unspecified atom stereocenters. The number of carbonyl (C=O) groups excluding carboxylic acids is 1. The van der Waals surface area contributed by atoms with Crippen molar-refractivity contribution in [2.24, 2.45) is 5.73 Å². The van der Waals surface area contributed by atoms with Crippen LogP contribution >= 0.6 is 0 Å². The van der Waals surface area contributed by atoms with Gasteiger partial charge >= 0.3 is 5.97 Å². The van der Waals surface area contributed by atoms with Crippen molar-refractivity contribution in [3.8, 4) is 0 Å². The minimum Gasteiger partial charge on any atom is -0.480 e. The molecule has 0 aliphatic rings. The van der Waals surface area contributed by atoms with Crippen LogP contribution in [0.3, 0.4) is 0 Å². The van der Waals surface area contributed by atoms with Gasteiger partial charge < -0.3 is 25.6 Å². The fourth-order valence-electron chi connectivity index (χ4n) is 1.29. The minimum absolute atomic E-state index is 0.163. The van der Waals surface area contributed by atoms with Crippen LogP contribution in [0.15, 0.2) is 0 Å². The normalized spacial score (nSPS) is 12.1. The first-order valence-electron chi connectivity index (χ1n) is 5.90. The van der Waals surface area contributed by atoms with E-state index < -0.39 is 17.9 Å². The summed E-state index contributed by atoms with van der Waals surface area (Å²) in [6, 6.07) is -0.880. The summed E-state index contributed by atoms with van der Waals surface area (Å²) in [4.78, 5) is 22.3. The van der Waals surface area contributed by atoms with Crippen molar-refractivity contribution < 1.29 is 24.2 Å². The summed E-state index contributed by atoms with van der Waals surface area (Å²) in [7, 11) is 1.53. The predicted octanol–water partition coefficient (Wildman–Crippen LogP) is -0.652. The average molecular weight is 262 g/mol. The van der Waals surface area contributed by atoms with Gasteiger partial charge in [-0.1, -0.05) is 0 Å². The van der Waals surface area contributed by atoms with E-state index in [1.54, 1.807) is 0 Å². The molecule has 1 amide bonds. The van der Waals surface area contributed by atoms with Gasteiger partial charge in [0.25, 0.3) is 0 Å². The van der Waals surface area contributed by atoms with E-state index in [0.29, 0.717) is 32.6 Å². The number of aliphatic carboxylic acids is 1. The van der Waals surface area contributed by atoms with Gasteiger partial charge in [-0.05, 0) is 25.8 Å². The van der Waals surface area contributed by atoms with Gasteiger partial charge in [0.1, 0.15) is 12.6 Å². The molecule has 0 fully saturated rings. The lowest BCUT2D eigenvalue weighted by Gasteiger charge is -2.14. The average Bonchev–Trinajstić information content (AvgIpc) is 2.33. The summed E-state index contributed by atoms with van der Waals surface area (Å²) in [5.41, 5.74) is 5.32. The number of carboxylic acid groups (broad SMARTS) is 1. The molecule has 0 spiro atoms. The first-order chi connectivity index (χ1) is 8.61. The molecule has 4 N–H and O–H groups in total. The Kier molecular flexibility index (Phi) is 10.2. The summed E-state index contributed by atoms with van der Waals surface area (Å²) in [5, 5.41) is 11.3. The highest BCUT2D eigenvalue weighted by atomic mass is 16.5. The van der Waals surface area contributed by atoms with Crippen LogP contribution in [0.1, 0.15) is 19.3 Å². The van der Waals surface area contributed by atoms with Crippen molar-refractivity contribution in [1.82, 2.24) is 5.32 Å². The van der Waals surface area contributed by atoms with E-state index in [9.17, 15) is 9.59 Å². The highest BCUT2D eigenvalue weighted by Gasteiger charge is 2.19. The second kappa shape index (κ2) is 10.9. The summed E-state index contributed by atoms with van der Waals surface area (Å²) < 4.78 is 9.74. The smallest absolute Gasteiger partial charge is 0.326 e. The molecular weight excluding hydrogens is 240 g/mol. The molecule has 0 aromatic heterocycles. The van der Waals surface area contributed by atoms with E-state index in [-0.39, 0.29) is 6.61 Å². The number of unbranched alkanes of at least 4 members (excludes halogenated alkanes) is 1. The molecule has 0 heterocycles. The summed E-state index contributed by atoms with van der Waals surface area (Å²) >= 11 is 0. The Labute approximate surface area is 107 Å². The van der Waals surface area contributed by atoms with Crippen LogP contribution in [0, 0.1) is 0 Å². The van der Waals surface area contributed by atoms with Crippen molar-refractivity contribution in [2.45, 2.75) is 25.3 Å². The van der Waals surface area contributed by atoms with Gasteiger partial charge in [0.05, 0.1) is 13.2 Å². The highest BCUT2D eigenvalue weighted by Crippen LogP contribution is 2.00. The third kappa shape index (κ3) is 8.91. The Hall–Kier alpha value is -1.18. The monoisotopic (exact) mass is 262 g/mol.